The Bertz CT molecular complexity index is 377. The lowest BCUT2D eigenvalue weighted by atomic mass is 9.94. The summed E-state index contributed by atoms with van der Waals surface area (Å²) in [5.74, 6) is -3.48. The maximum absolute atomic E-state index is 11.2. The Morgan fingerprint density at radius 2 is 1.89 bits per heavy atom. The largest absolute Gasteiger partial charge is 0.481 e. The molecule has 8 nitrogen and oxygen atoms in total. The average molecular weight is 304 g/mol. The van der Waals surface area contributed by atoms with Gasteiger partial charge in [0, 0.05) is 5.92 Å². The zero-order valence-corrected chi connectivity index (χ0v) is 11.9. The van der Waals surface area contributed by atoms with Crippen molar-refractivity contribution in [2.75, 3.05) is 0 Å². The fraction of sp³-hybridized carbons (Fsp3) is 0.875. The normalized spacial score (nSPS) is 20.8. The van der Waals surface area contributed by atoms with E-state index in [2.05, 4.69) is 0 Å². The Morgan fingerprint density at radius 1 is 1.44 bits per heavy atom. The molecule has 4 unspecified atom stereocenters. The van der Waals surface area contributed by atoms with Crippen LogP contribution in [0.5, 0.6) is 0 Å². The van der Waals surface area contributed by atoms with Crippen molar-refractivity contribution in [3.8, 4) is 0 Å². The Labute approximate surface area is 105 Å². The molecule has 0 aromatic heterocycles. The highest BCUT2D eigenvalue weighted by Crippen LogP contribution is 2.64. The summed E-state index contributed by atoms with van der Waals surface area (Å²) in [7, 11) is -9.22. The van der Waals surface area contributed by atoms with Crippen molar-refractivity contribution in [2.24, 2.45) is 11.8 Å². The average Bonchev–Trinajstić information content (AvgIpc) is 2.22. The molecule has 18 heavy (non-hydrogen) atoms. The van der Waals surface area contributed by atoms with Crippen LogP contribution in [0.1, 0.15) is 26.7 Å². The van der Waals surface area contributed by atoms with Crippen LogP contribution in [0.4, 0.5) is 0 Å². The molecule has 0 aliphatic carbocycles. The molecule has 0 heterocycles. The van der Waals surface area contributed by atoms with E-state index in [0.717, 1.165) is 0 Å². The van der Waals surface area contributed by atoms with E-state index in [4.69, 9.17) is 19.8 Å². The maximum atomic E-state index is 11.2. The highest BCUT2D eigenvalue weighted by molar-refractivity contribution is 7.66. The second-order valence-corrected chi connectivity index (χ2v) is 7.72. The van der Waals surface area contributed by atoms with Gasteiger partial charge in [0.05, 0.1) is 5.92 Å². The van der Waals surface area contributed by atoms with Crippen molar-refractivity contribution in [1.29, 1.82) is 0 Å². The van der Waals surface area contributed by atoms with Crippen LogP contribution in [0.15, 0.2) is 0 Å². The number of rotatable bonds is 7. The number of carboxylic acids is 1. The van der Waals surface area contributed by atoms with E-state index in [0.29, 0.717) is 0 Å². The Hall–Kier alpha value is -0.230. The lowest BCUT2D eigenvalue weighted by Gasteiger charge is -2.34. The molecule has 10 heteroatoms. The third kappa shape index (κ3) is 3.63. The molecule has 0 aromatic carbocycles. The summed E-state index contributed by atoms with van der Waals surface area (Å²) in [6.45, 7) is 2.74. The summed E-state index contributed by atoms with van der Waals surface area (Å²) in [5, 5.41) is 15.5. The van der Waals surface area contributed by atoms with Crippen LogP contribution in [0.25, 0.3) is 0 Å². The van der Waals surface area contributed by atoms with Crippen molar-refractivity contribution in [2.45, 2.75) is 31.8 Å². The number of hydrogen-bond donors (Lipinski definition) is 5. The van der Waals surface area contributed by atoms with Gasteiger partial charge < -0.3 is 24.9 Å². The van der Waals surface area contributed by atoms with Gasteiger partial charge >= 0.3 is 13.6 Å². The maximum Gasteiger partial charge on any atom is 0.366 e. The van der Waals surface area contributed by atoms with Gasteiger partial charge in [0.25, 0.3) is 0 Å². The smallest absolute Gasteiger partial charge is 0.366 e. The van der Waals surface area contributed by atoms with Crippen LogP contribution in [-0.2, 0) is 13.9 Å². The van der Waals surface area contributed by atoms with E-state index in [1.807, 2.05) is 0 Å². The molecule has 0 saturated carbocycles. The number of aliphatic carboxylic acids is 1. The lowest BCUT2D eigenvalue weighted by molar-refractivity contribution is -0.142. The van der Waals surface area contributed by atoms with Gasteiger partial charge in [-0.05, 0) is 12.8 Å². The molecule has 0 saturated heterocycles. The third-order valence-corrected chi connectivity index (χ3v) is 6.62. The second-order valence-electron chi connectivity index (χ2n) is 4.16. The Morgan fingerprint density at radius 3 is 2.11 bits per heavy atom. The van der Waals surface area contributed by atoms with Gasteiger partial charge in [-0.2, -0.15) is 0 Å². The summed E-state index contributed by atoms with van der Waals surface area (Å²) in [5.41, 5.74) is 0. The molecular weight excluding hydrogens is 286 g/mol. The van der Waals surface area contributed by atoms with Crippen molar-refractivity contribution >= 4 is 21.6 Å². The van der Waals surface area contributed by atoms with Crippen LogP contribution in [0.3, 0.4) is 0 Å². The minimum atomic E-state index is -5.26. The fourth-order valence-electron chi connectivity index (χ4n) is 1.68. The fourth-order valence-corrected chi connectivity index (χ4v) is 4.11. The molecule has 0 rings (SSSR count). The van der Waals surface area contributed by atoms with Gasteiger partial charge in [-0.1, -0.05) is 13.8 Å². The summed E-state index contributed by atoms with van der Waals surface area (Å²) < 4.78 is 22.3. The minimum absolute atomic E-state index is 0.0316. The SMILES string of the molecule is CCC(CC(C)C(=O)O)C(O)([PH](=O)O)P(=O)(O)O. The third-order valence-electron chi connectivity index (χ3n) is 2.88. The van der Waals surface area contributed by atoms with Crippen molar-refractivity contribution < 1.29 is 38.8 Å². The number of carbonyl (C=O) groups is 1. The highest BCUT2D eigenvalue weighted by Gasteiger charge is 2.55. The van der Waals surface area contributed by atoms with Crippen molar-refractivity contribution in [1.82, 2.24) is 0 Å². The molecule has 0 radical (unpaired) electrons. The molecule has 0 fully saturated rings. The molecule has 0 amide bonds. The molecule has 0 spiro atoms. The predicted molar refractivity (Wildman–Crippen MR) is 63.4 cm³/mol. The molecule has 4 atom stereocenters. The Balaban J connectivity index is 5.40. The van der Waals surface area contributed by atoms with Gasteiger partial charge in [0.2, 0.25) is 13.1 Å². The number of hydrogen-bond acceptors (Lipinski definition) is 4. The minimum Gasteiger partial charge on any atom is -0.481 e. The highest BCUT2D eigenvalue weighted by atomic mass is 31.2. The van der Waals surface area contributed by atoms with Crippen LogP contribution in [0.2, 0.25) is 0 Å². The van der Waals surface area contributed by atoms with E-state index >= 15 is 0 Å². The monoisotopic (exact) mass is 304 g/mol. The first-order valence-corrected chi connectivity index (χ1v) is 8.19. The Kier molecular flexibility index (Phi) is 6.20. The number of carboxylic acid groups (broad SMARTS) is 1. The molecule has 0 aliphatic heterocycles. The van der Waals surface area contributed by atoms with E-state index < -0.39 is 38.5 Å². The molecular formula is C8H18O8P2. The summed E-state index contributed by atoms with van der Waals surface area (Å²) in [6.07, 6.45) is -0.333. The topological polar surface area (TPSA) is 152 Å². The van der Waals surface area contributed by atoms with E-state index in [1.165, 1.54) is 13.8 Å². The van der Waals surface area contributed by atoms with E-state index in [1.54, 1.807) is 0 Å². The van der Waals surface area contributed by atoms with Crippen LogP contribution >= 0.6 is 15.6 Å². The molecule has 0 aliphatic rings. The summed E-state index contributed by atoms with van der Waals surface area (Å²) >= 11 is 0. The molecule has 0 aromatic rings. The molecule has 0 bridgehead atoms. The van der Waals surface area contributed by atoms with Gasteiger partial charge in [-0.15, -0.1) is 0 Å². The van der Waals surface area contributed by atoms with Gasteiger partial charge in [0.15, 0.2) is 0 Å². The lowest BCUT2D eigenvalue weighted by Crippen LogP contribution is -2.36. The standard InChI is InChI=1S/C8H18O8P2/c1-3-6(4-5(2)7(9)10)8(11,17(12)13)18(14,15)16/h5-6,11,17H,3-4H2,1-2H3,(H,9,10)(H,12,13)(H2,14,15,16). The molecule has 5 N–H and O–H groups in total. The van der Waals surface area contributed by atoms with Crippen LogP contribution < -0.4 is 0 Å². The van der Waals surface area contributed by atoms with Gasteiger partial charge in [0.1, 0.15) is 0 Å². The van der Waals surface area contributed by atoms with E-state index in [9.17, 15) is 19.0 Å². The first-order chi connectivity index (χ1) is 7.98. The van der Waals surface area contributed by atoms with Gasteiger partial charge in [-0.25, -0.2) is 0 Å². The first kappa shape index (κ1) is 17.8. The second kappa shape index (κ2) is 6.28. The molecule has 108 valence electrons. The van der Waals surface area contributed by atoms with Crippen molar-refractivity contribution in [3.63, 3.8) is 0 Å². The van der Waals surface area contributed by atoms with Gasteiger partial charge in [-0.3, -0.25) is 13.9 Å². The quantitative estimate of drug-likeness (QED) is 0.424. The zero-order valence-electron chi connectivity index (χ0n) is 9.98. The summed E-state index contributed by atoms with van der Waals surface area (Å²) in [6, 6.07) is 0. The summed E-state index contributed by atoms with van der Waals surface area (Å²) in [4.78, 5) is 37.8. The number of aliphatic hydroxyl groups is 1. The predicted octanol–water partition coefficient (Wildman–Crippen LogP) is 0.414. The first-order valence-electron chi connectivity index (χ1n) is 5.22. The van der Waals surface area contributed by atoms with Crippen LogP contribution in [0, 0.1) is 11.8 Å². The zero-order chi connectivity index (χ0) is 14.7. The van der Waals surface area contributed by atoms with E-state index in [-0.39, 0.29) is 12.8 Å². The van der Waals surface area contributed by atoms with Crippen LogP contribution in [-0.4, -0.2) is 35.9 Å². The van der Waals surface area contributed by atoms with Crippen molar-refractivity contribution in [3.05, 3.63) is 0 Å².